The lowest BCUT2D eigenvalue weighted by atomic mass is 10.3. The van der Waals surface area contributed by atoms with Crippen molar-refractivity contribution in [3.63, 3.8) is 0 Å². The zero-order valence-electron chi connectivity index (χ0n) is 11.5. The van der Waals surface area contributed by atoms with Crippen LogP contribution in [0, 0.1) is 0 Å². The lowest BCUT2D eigenvalue weighted by Crippen LogP contribution is -2.44. The normalized spacial score (nSPS) is 19.9. The van der Waals surface area contributed by atoms with Gasteiger partial charge in [0, 0.05) is 19.5 Å². The molecule has 1 unspecified atom stereocenters. The second-order valence-corrected chi connectivity index (χ2v) is 7.01. The van der Waals surface area contributed by atoms with E-state index in [1.54, 1.807) is 35.2 Å². The van der Waals surface area contributed by atoms with Crippen LogP contribution in [0.1, 0.15) is 13.3 Å². The third-order valence-corrected chi connectivity index (χ3v) is 5.01. The van der Waals surface area contributed by atoms with Crippen LogP contribution in [0.3, 0.4) is 0 Å². The van der Waals surface area contributed by atoms with Crippen molar-refractivity contribution in [2.75, 3.05) is 25.4 Å². The van der Waals surface area contributed by atoms with Gasteiger partial charge in [0.1, 0.15) is 0 Å². The van der Waals surface area contributed by atoms with Gasteiger partial charge in [0.2, 0.25) is 5.91 Å². The maximum Gasteiger partial charge on any atom is 0.223 e. The number of carbonyl (C=O) groups excluding carboxylic acids is 1. The number of ether oxygens (including phenoxy) is 1. The SMILES string of the molecule is CC1CN(C(=O)CCS(=O)(=O)c2ccccc2)CCO1. The van der Waals surface area contributed by atoms with Crippen LogP contribution in [0.2, 0.25) is 0 Å². The fourth-order valence-corrected chi connectivity index (χ4v) is 3.42. The smallest absolute Gasteiger partial charge is 0.223 e. The van der Waals surface area contributed by atoms with Gasteiger partial charge < -0.3 is 9.64 Å². The summed E-state index contributed by atoms with van der Waals surface area (Å²) in [5.41, 5.74) is 0. The summed E-state index contributed by atoms with van der Waals surface area (Å²) >= 11 is 0. The summed E-state index contributed by atoms with van der Waals surface area (Å²) in [6, 6.07) is 8.23. The minimum atomic E-state index is -3.39. The van der Waals surface area contributed by atoms with Crippen LogP contribution in [0.4, 0.5) is 0 Å². The molecule has 1 aliphatic heterocycles. The van der Waals surface area contributed by atoms with E-state index in [1.807, 2.05) is 6.92 Å². The third-order valence-electron chi connectivity index (χ3n) is 3.28. The first-order valence-electron chi connectivity index (χ1n) is 6.66. The van der Waals surface area contributed by atoms with Crippen molar-refractivity contribution in [2.24, 2.45) is 0 Å². The Morgan fingerprint density at radius 3 is 2.70 bits per heavy atom. The number of rotatable bonds is 4. The van der Waals surface area contributed by atoms with E-state index in [0.29, 0.717) is 19.7 Å². The molecular weight excluding hydrogens is 278 g/mol. The molecule has 20 heavy (non-hydrogen) atoms. The highest BCUT2D eigenvalue weighted by Crippen LogP contribution is 2.13. The van der Waals surface area contributed by atoms with Crippen molar-refractivity contribution in [1.29, 1.82) is 0 Å². The Morgan fingerprint density at radius 2 is 2.05 bits per heavy atom. The lowest BCUT2D eigenvalue weighted by molar-refractivity contribution is -0.137. The van der Waals surface area contributed by atoms with Gasteiger partial charge in [-0.3, -0.25) is 4.79 Å². The molecule has 1 amide bonds. The fourth-order valence-electron chi connectivity index (χ4n) is 2.17. The molecule has 5 nitrogen and oxygen atoms in total. The van der Waals surface area contributed by atoms with E-state index in [1.165, 1.54) is 0 Å². The number of morpholine rings is 1. The Bertz CT molecular complexity index is 556. The molecule has 0 aliphatic carbocycles. The molecule has 0 N–H and O–H groups in total. The van der Waals surface area contributed by atoms with Crippen molar-refractivity contribution in [2.45, 2.75) is 24.3 Å². The molecule has 0 radical (unpaired) electrons. The average Bonchev–Trinajstić information content (AvgIpc) is 2.46. The highest BCUT2D eigenvalue weighted by Gasteiger charge is 2.23. The summed E-state index contributed by atoms with van der Waals surface area (Å²) in [4.78, 5) is 14.0. The number of hydrogen-bond donors (Lipinski definition) is 0. The second kappa shape index (κ2) is 6.37. The van der Waals surface area contributed by atoms with Gasteiger partial charge in [0.25, 0.3) is 0 Å². The number of benzene rings is 1. The number of nitrogens with zero attached hydrogens (tertiary/aromatic N) is 1. The van der Waals surface area contributed by atoms with Gasteiger partial charge in [-0.2, -0.15) is 0 Å². The van der Waals surface area contributed by atoms with Crippen LogP contribution in [0.25, 0.3) is 0 Å². The van der Waals surface area contributed by atoms with Gasteiger partial charge in [0.15, 0.2) is 9.84 Å². The minimum Gasteiger partial charge on any atom is -0.375 e. The van der Waals surface area contributed by atoms with Crippen LogP contribution in [-0.4, -0.2) is 50.8 Å². The zero-order valence-corrected chi connectivity index (χ0v) is 12.3. The lowest BCUT2D eigenvalue weighted by Gasteiger charge is -2.31. The molecule has 6 heteroatoms. The predicted molar refractivity (Wildman–Crippen MR) is 75.1 cm³/mol. The first kappa shape index (κ1) is 15.0. The molecule has 0 saturated carbocycles. The average molecular weight is 297 g/mol. The van der Waals surface area contributed by atoms with Crippen molar-refractivity contribution < 1.29 is 17.9 Å². The monoisotopic (exact) mass is 297 g/mol. The topological polar surface area (TPSA) is 63.7 Å². The molecular formula is C14H19NO4S. The molecule has 1 atom stereocenters. The van der Waals surface area contributed by atoms with Gasteiger partial charge >= 0.3 is 0 Å². The standard InChI is InChI=1S/C14H19NO4S/c1-12-11-15(8-9-19-12)14(16)7-10-20(17,18)13-5-3-2-4-6-13/h2-6,12H,7-11H2,1H3. The maximum absolute atomic E-state index is 12.1. The van der Waals surface area contributed by atoms with Crippen LogP contribution < -0.4 is 0 Å². The summed E-state index contributed by atoms with van der Waals surface area (Å²) in [7, 11) is -3.39. The van der Waals surface area contributed by atoms with E-state index in [4.69, 9.17) is 4.74 Å². The van der Waals surface area contributed by atoms with Crippen molar-refractivity contribution >= 4 is 15.7 Å². The zero-order chi connectivity index (χ0) is 14.6. The van der Waals surface area contributed by atoms with E-state index < -0.39 is 9.84 Å². The van der Waals surface area contributed by atoms with E-state index in [9.17, 15) is 13.2 Å². The van der Waals surface area contributed by atoms with E-state index >= 15 is 0 Å². The Kier molecular flexibility index (Phi) is 4.77. The van der Waals surface area contributed by atoms with Crippen molar-refractivity contribution in [3.05, 3.63) is 30.3 Å². The summed E-state index contributed by atoms with van der Waals surface area (Å²) in [5.74, 6) is -0.277. The van der Waals surface area contributed by atoms with E-state index in [-0.39, 0.29) is 29.1 Å². The molecule has 1 aromatic carbocycles. The molecule has 110 valence electrons. The molecule has 0 bridgehead atoms. The van der Waals surface area contributed by atoms with Gasteiger partial charge in [0.05, 0.1) is 23.4 Å². The Morgan fingerprint density at radius 1 is 1.35 bits per heavy atom. The maximum atomic E-state index is 12.1. The minimum absolute atomic E-state index is 0.0124. The van der Waals surface area contributed by atoms with Crippen LogP contribution in [-0.2, 0) is 19.4 Å². The Balaban J connectivity index is 1.93. The summed E-state index contributed by atoms with van der Waals surface area (Å²) in [6.45, 7) is 3.48. The van der Waals surface area contributed by atoms with Crippen LogP contribution >= 0.6 is 0 Å². The molecule has 1 fully saturated rings. The summed E-state index contributed by atoms with van der Waals surface area (Å²) < 4.78 is 29.5. The predicted octanol–water partition coefficient (Wildman–Crippen LogP) is 1.10. The Hall–Kier alpha value is -1.40. The van der Waals surface area contributed by atoms with Crippen molar-refractivity contribution in [3.8, 4) is 0 Å². The first-order chi connectivity index (χ1) is 9.49. The van der Waals surface area contributed by atoms with Gasteiger partial charge in [-0.05, 0) is 19.1 Å². The van der Waals surface area contributed by atoms with Gasteiger partial charge in [-0.1, -0.05) is 18.2 Å². The Labute approximate surface area is 119 Å². The molecule has 1 aromatic rings. The highest BCUT2D eigenvalue weighted by molar-refractivity contribution is 7.91. The molecule has 2 rings (SSSR count). The first-order valence-corrected chi connectivity index (χ1v) is 8.31. The number of sulfone groups is 1. The fraction of sp³-hybridized carbons (Fsp3) is 0.500. The largest absolute Gasteiger partial charge is 0.375 e. The molecule has 1 saturated heterocycles. The van der Waals surface area contributed by atoms with Crippen LogP contribution in [0.5, 0.6) is 0 Å². The molecule has 1 aliphatic rings. The highest BCUT2D eigenvalue weighted by atomic mass is 32.2. The molecule has 1 heterocycles. The molecule has 0 aromatic heterocycles. The summed E-state index contributed by atoms with van der Waals surface area (Å²) in [5, 5.41) is 0. The number of carbonyl (C=O) groups is 1. The molecule has 0 spiro atoms. The van der Waals surface area contributed by atoms with Gasteiger partial charge in [-0.25, -0.2) is 8.42 Å². The number of hydrogen-bond acceptors (Lipinski definition) is 4. The van der Waals surface area contributed by atoms with Crippen LogP contribution in [0.15, 0.2) is 35.2 Å². The number of amides is 1. The quantitative estimate of drug-likeness (QED) is 0.835. The van der Waals surface area contributed by atoms with E-state index in [2.05, 4.69) is 0 Å². The van der Waals surface area contributed by atoms with Crippen molar-refractivity contribution in [1.82, 2.24) is 4.90 Å². The summed E-state index contributed by atoms with van der Waals surface area (Å²) in [6.07, 6.45) is 0.0302. The second-order valence-electron chi connectivity index (χ2n) is 4.90. The van der Waals surface area contributed by atoms with Gasteiger partial charge in [-0.15, -0.1) is 0 Å². The van der Waals surface area contributed by atoms with E-state index in [0.717, 1.165) is 0 Å². The third kappa shape index (κ3) is 3.80.